The van der Waals surface area contributed by atoms with Gasteiger partial charge >= 0.3 is 0 Å². The minimum absolute atomic E-state index is 0.0610. The summed E-state index contributed by atoms with van der Waals surface area (Å²) in [6.07, 6.45) is 0.804. The standard InChI is InChI=1S/C17H19NO3/c1-5-13-8-6-7-10(2)16(13)18-17(20)15-12(4)21-11(3)9-14(15)19/h6-9H,5H2,1-4H3,(H,18,20). The molecule has 4 heteroatoms. The Hall–Kier alpha value is -2.36. The van der Waals surface area contributed by atoms with Gasteiger partial charge in [-0.25, -0.2) is 0 Å². The first-order valence-electron chi connectivity index (χ1n) is 6.95. The van der Waals surface area contributed by atoms with Crippen LogP contribution in [0.4, 0.5) is 5.69 Å². The summed E-state index contributed by atoms with van der Waals surface area (Å²) in [4.78, 5) is 24.4. The van der Waals surface area contributed by atoms with Gasteiger partial charge in [0.05, 0.1) is 0 Å². The fourth-order valence-electron chi connectivity index (χ4n) is 2.40. The molecule has 1 heterocycles. The van der Waals surface area contributed by atoms with Crippen LogP contribution >= 0.6 is 0 Å². The van der Waals surface area contributed by atoms with Crippen LogP contribution in [0.2, 0.25) is 0 Å². The Morgan fingerprint density at radius 2 is 1.95 bits per heavy atom. The molecular weight excluding hydrogens is 266 g/mol. The van der Waals surface area contributed by atoms with Crippen LogP contribution in [0.3, 0.4) is 0 Å². The fourth-order valence-corrected chi connectivity index (χ4v) is 2.40. The second-order valence-electron chi connectivity index (χ2n) is 5.07. The Kier molecular flexibility index (Phi) is 4.26. The molecule has 0 atom stereocenters. The molecule has 1 N–H and O–H groups in total. The van der Waals surface area contributed by atoms with Crippen molar-refractivity contribution in [2.75, 3.05) is 5.32 Å². The maximum absolute atomic E-state index is 12.4. The molecule has 110 valence electrons. The number of hydrogen-bond donors (Lipinski definition) is 1. The molecule has 0 aliphatic heterocycles. The summed E-state index contributed by atoms with van der Waals surface area (Å²) < 4.78 is 5.37. The molecule has 0 radical (unpaired) electrons. The Morgan fingerprint density at radius 3 is 2.57 bits per heavy atom. The van der Waals surface area contributed by atoms with Gasteiger partial charge in [-0.15, -0.1) is 0 Å². The van der Waals surface area contributed by atoms with E-state index in [1.165, 1.54) is 6.07 Å². The zero-order chi connectivity index (χ0) is 15.6. The maximum atomic E-state index is 12.4. The molecule has 0 fully saturated rings. The molecule has 0 aliphatic carbocycles. The molecule has 0 spiro atoms. The molecule has 1 aromatic carbocycles. The zero-order valence-electron chi connectivity index (χ0n) is 12.7. The summed E-state index contributed by atoms with van der Waals surface area (Å²) in [5.74, 6) is 0.411. The van der Waals surface area contributed by atoms with Crippen molar-refractivity contribution in [3.63, 3.8) is 0 Å². The average molecular weight is 285 g/mol. The van der Waals surface area contributed by atoms with Crippen LogP contribution in [0.25, 0.3) is 0 Å². The van der Waals surface area contributed by atoms with Gasteiger partial charge in [0.1, 0.15) is 17.1 Å². The van der Waals surface area contributed by atoms with Crippen LogP contribution in [0, 0.1) is 20.8 Å². The smallest absolute Gasteiger partial charge is 0.263 e. The molecule has 21 heavy (non-hydrogen) atoms. The monoisotopic (exact) mass is 285 g/mol. The number of para-hydroxylation sites is 1. The fraction of sp³-hybridized carbons (Fsp3) is 0.294. The molecular formula is C17H19NO3. The van der Waals surface area contributed by atoms with Gasteiger partial charge in [0.2, 0.25) is 0 Å². The zero-order valence-corrected chi connectivity index (χ0v) is 12.7. The van der Waals surface area contributed by atoms with Gasteiger partial charge in [-0.1, -0.05) is 25.1 Å². The molecule has 1 amide bonds. The van der Waals surface area contributed by atoms with Crippen molar-refractivity contribution >= 4 is 11.6 Å². The lowest BCUT2D eigenvalue weighted by Gasteiger charge is -2.13. The largest absolute Gasteiger partial charge is 0.466 e. The van der Waals surface area contributed by atoms with E-state index in [9.17, 15) is 9.59 Å². The van der Waals surface area contributed by atoms with E-state index in [-0.39, 0.29) is 11.0 Å². The van der Waals surface area contributed by atoms with Crippen molar-refractivity contribution < 1.29 is 9.21 Å². The van der Waals surface area contributed by atoms with Gasteiger partial charge in [0.25, 0.3) is 5.91 Å². The Balaban J connectivity index is 2.42. The van der Waals surface area contributed by atoms with E-state index < -0.39 is 5.91 Å². The summed E-state index contributed by atoms with van der Waals surface area (Å²) in [6, 6.07) is 7.18. The predicted molar refractivity (Wildman–Crippen MR) is 83.0 cm³/mol. The van der Waals surface area contributed by atoms with E-state index in [2.05, 4.69) is 5.32 Å². The van der Waals surface area contributed by atoms with Crippen LogP contribution in [-0.4, -0.2) is 5.91 Å². The number of anilines is 1. The highest BCUT2D eigenvalue weighted by Crippen LogP contribution is 2.22. The van der Waals surface area contributed by atoms with Crippen molar-refractivity contribution in [3.05, 3.63) is 62.7 Å². The minimum atomic E-state index is -0.426. The molecule has 0 saturated carbocycles. The maximum Gasteiger partial charge on any atom is 0.263 e. The molecule has 2 aromatic rings. The summed E-state index contributed by atoms with van der Waals surface area (Å²) in [7, 11) is 0. The summed E-state index contributed by atoms with van der Waals surface area (Å²) >= 11 is 0. The lowest BCUT2D eigenvalue weighted by atomic mass is 10.1. The third kappa shape index (κ3) is 3.05. The first-order chi connectivity index (χ1) is 9.93. The van der Waals surface area contributed by atoms with Gasteiger partial charge < -0.3 is 9.73 Å². The van der Waals surface area contributed by atoms with Crippen LogP contribution in [-0.2, 0) is 6.42 Å². The van der Waals surface area contributed by atoms with Crippen LogP contribution < -0.4 is 10.7 Å². The molecule has 0 bridgehead atoms. The lowest BCUT2D eigenvalue weighted by molar-refractivity contribution is 0.102. The predicted octanol–water partition coefficient (Wildman–Crippen LogP) is 3.38. The number of aryl methyl sites for hydroxylation is 4. The van der Waals surface area contributed by atoms with E-state index >= 15 is 0 Å². The Labute approximate surface area is 123 Å². The van der Waals surface area contributed by atoms with Crippen LogP contribution in [0.5, 0.6) is 0 Å². The second kappa shape index (κ2) is 5.95. The van der Waals surface area contributed by atoms with E-state index in [1.807, 2.05) is 32.0 Å². The van der Waals surface area contributed by atoms with Crippen molar-refractivity contribution in [1.82, 2.24) is 0 Å². The SMILES string of the molecule is CCc1cccc(C)c1NC(=O)c1c(C)oc(C)cc1=O. The third-order valence-corrected chi connectivity index (χ3v) is 3.45. The number of carbonyl (C=O) groups is 1. The average Bonchev–Trinajstić information content (AvgIpc) is 2.39. The minimum Gasteiger partial charge on any atom is -0.466 e. The van der Waals surface area contributed by atoms with Crippen molar-refractivity contribution in [2.24, 2.45) is 0 Å². The van der Waals surface area contributed by atoms with Crippen molar-refractivity contribution in [1.29, 1.82) is 0 Å². The van der Waals surface area contributed by atoms with E-state index in [0.717, 1.165) is 23.2 Å². The van der Waals surface area contributed by atoms with E-state index in [4.69, 9.17) is 4.42 Å². The lowest BCUT2D eigenvalue weighted by Crippen LogP contribution is -2.23. The van der Waals surface area contributed by atoms with E-state index in [1.54, 1.807) is 13.8 Å². The first-order valence-corrected chi connectivity index (χ1v) is 6.95. The molecule has 1 aromatic heterocycles. The topological polar surface area (TPSA) is 59.3 Å². The Bertz CT molecular complexity index is 744. The molecule has 4 nitrogen and oxygen atoms in total. The highest BCUT2D eigenvalue weighted by molar-refractivity contribution is 6.05. The Morgan fingerprint density at radius 1 is 1.24 bits per heavy atom. The van der Waals surface area contributed by atoms with Gasteiger partial charge in [-0.2, -0.15) is 0 Å². The third-order valence-electron chi connectivity index (χ3n) is 3.45. The van der Waals surface area contributed by atoms with Gasteiger partial charge in [0.15, 0.2) is 5.43 Å². The molecule has 2 rings (SSSR count). The quantitative estimate of drug-likeness (QED) is 0.940. The highest BCUT2D eigenvalue weighted by Gasteiger charge is 2.17. The first kappa shape index (κ1) is 15.0. The van der Waals surface area contributed by atoms with Gasteiger partial charge in [0, 0.05) is 11.8 Å². The summed E-state index contributed by atoms with van der Waals surface area (Å²) in [6.45, 7) is 7.27. The molecule has 0 unspecified atom stereocenters. The molecule has 0 saturated heterocycles. The number of carbonyl (C=O) groups excluding carboxylic acids is 1. The van der Waals surface area contributed by atoms with E-state index in [0.29, 0.717) is 11.5 Å². The molecule has 0 aliphatic rings. The number of hydrogen-bond acceptors (Lipinski definition) is 3. The van der Waals surface area contributed by atoms with Crippen molar-refractivity contribution in [3.8, 4) is 0 Å². The normalized spacial score (nSPS) is 10.5. The van der Waals surface area contributed by atoms with Crippen LogP contribution in [0.1, 0.15) is 39.9 Å². The highest BCUT2D eigenvalue weighted by atomic mass is 16.3. The van der Waals surface area contributed by atoms with Gasteiger partial charge in [-0.05, 0) is 38.3 Å². The van der Waals surface area contributed by atoms with Crippen LogP contribution in [0.15, 0.2) is 33.5 Å². The van der Waals surface area contributed by atoms with Crippen molar-refractivity contribution in [2.45, 2.75) is 34.1 Å². The number of nitrogens with one attached hydrogen (secondary N) is 1. The summed E-state index contributed by atoms with van der Waals surface area (Å²) in [5, 5.41) is 2.85. The number of rotatable bonds is 3. The number of benzene rings is 1. The summed E-state index contributed by atoms with van der Waals surface area (Å²) in [5.41, 5.74) is 2.52. The number of amides is 1. The second-order valence-corrected chi connectivity index (χ2v) is 5.07. The van der Waals surface area contributed by atoms with Gasteiger partial charge in [-0.3, -0.25) is 9.59 Å².